The Kier molecular flexibility index (Phi) is 3.92. The Morgan fingerprint density at radius 1 is 1.62 bits per heavy atom. The third kappa shape index (κ3) is 3.57. The van der Waals surface area contributed by atoms with E-state index in [0.717, 1.165) is 13.1 Å². The van der Waals surface area contributed by atoms with Crippen molar-refractivity contribution in [3.8, 4) is 0 Å². The van der Waals surface area contributed by atoms with Crippen LogP contribution >= 0.6 is 0 Å². The molecule has 1 aromatic heterocycles. The zero-order valence-corrected chi connectivity index (χ0v) is 8.54. The molecule has 0 fully saturated rings. The van der Waals surface area contributed by atoms with Crippen LogP contribution in [0.1, 0.15) is 12.5 Å². The van der Waals surface area contributed by atoms with Crippen LogP contribution in [0.15, 0.2) is 12.4 Å². The Hall–Kier alpha value is -0.870. The van der Waals surface area contributed by atoms with E-state index in [9.17, 15) is 0 Å². The number of hydrogen-bond donors (Lipinski definition) is 2. The molecule has 0 aliphatic carbocycles. The first-order valence-corrected chi connectivity index (χ1v) is 4.58. The molecule has 0 spiro atoms. The highest BCUT2D eigenvalue weighted by molar-refractivity contribution is 5.02. The van der Waals surface area contributed by atoms with Gasteiger partial charge in [0.2, 0.25) is 0 Å². The summed E-state index contributed by atoms with van der Waals surface area (Å²) >= 11 is 0. The molecule has 0 bridgehead atoms. The standard InChI is InChI=1S/C9H18N4/c1-8(4-10-2)11-5-9-6-12-13(3)7-9/h6-8,10-11H,4-5H2,1-3H3. The normalized spacial score (nSPS) is 13.2. The van der Waals surface area contributed by atoms with Crippen molar-refractivity contribution in [3.63, 3.8) is 0 Å². The first kappa shape index (κ1) is 10.2. The van der Waals surface area contributed by atoms with Crippen LogP contribution in [0.2, 0.25) is 0 Å². The number of hydrogen-bond acceptors (Lipinski definition) is 3. The molecule has 0 aromatic carbocycles. The van der Waals surface area contributed by atoms with Gasteiger partial charge in [0, 0.05) is 37.9 Å². The Balaban J connectivity index is 2.26. The fourth-order valence-electron chi connectivity index (χ4n) is 1.23. The minimum absolute atomic E-state index is 0.491. The zero-order chi connectivity index (χ0) is 9.68. The van der Waals surface area contributed by atoms with Crippen molar-refractivity contribution in [2.24, 2.45) is 7.05 Å². The van der Waals surface area contributed by atoms with Gasteiger partial charge in [0.1, 0.15) is 0 Å². The number of likely N-dealkylation sites (N-methyl/N-ethyl adjacent to an activating group) is 1. The fraction of sp³-hybridized carbons (Fsp3) is 0.667. The number of nitrogens with zero attached hydrogens (tertiary/aromatic N) is 2. The number of aryl methyl sites for hydroxylation is 1. The summed E-state index contributed by atoms with van der Waals surface area (Å²) in [4.78, 5) is 0. The molecule has 1 aromatic rings. The monoisotopic (exact) mass is 182 g/mol. The van der Waals surface area contributed by atoms with Crippen molar-refractivity contribution in [2.75, 3.05) is 13.6 Å². The predicted octanol–water partition coefficient (Wildman–Crippen LogP) is 0.118. The molecule has 4 heteroatoms. The van der Waals surface area contributed by atoms with Gasteiger partial charge < -0.3 is 10.6 Å². The first-order valence-electron chi connectivity index (χ1n) is 4.58. The SMILES string of the molecule is CNCC(C)NCc1cnn(C)c1. The van der Waals surface area contributed by atoms with Crippen LogP contribution < -0.4 is 10.6 Å². The Labute approximate surface area is 79.3 Å². The van der Waals surface area contributed by atoms with Gasteiger partial charge in [-0.2, -0.15) is 5.10 Å². The van der Waals surface area contributed by atoms with Gasteiger partial charge in [-0.25, -0.2) is 0 Å². The molecule has 74 valence electrons. The topological polar surface area (TPSA) is 41.9 Å². The summed E-state index contributed by atoms with van der Waals surface area (Å²) in [6.07, 6.45) is 3.91. The molecule has 4 nitrogen and oxygen atoms in total. The maximum absolute atomic E-state index is 4.10. The van der Waals surface area contributed by atoms with E-state index in [-0.39, 0.29) is 0 Å². The predicted molar refractivity (Wildman–Crippen MR) is 53.4 cm³/mol. The summed E-state index contributed by atoms with van der Waals surface area (Å²) in [5, 5.41) is 10.6. The molecule has 0 saturated heterocycles. The Morgan fingerprint density at radius 3 is 2.92 bits per heavy atom. The first-order chi connectivity index (χ1) is 6.22. The average molecular weight is 182 g/mol. The summed E-state index contributed by atoms with van der Waals surface area (Å²) in [6, 6.07) is 0.491. The lowest BCUT2D eigenvalue weighted by atomic mass is 10.3. The summed E-state index contributed by atoms with van der Waals surface area (Å²) in [6.45, 7) is 4.03. The van der Waals surface area contributed by atoms with Gasteiger partial charge in [-0.05, 0) is 14.0 Å². The van der Waals surface area contributed by atoms with E-state index >= 15 is 0 Å². The number of aromatic nitrogens is 2. The van der Waals surface area contributed by atoms with E-state index < -0.39 is 0 Å². The van der Waals surface area contributed by atoms with Crippen LogP contribution in [-0.2, 0) is 13.6 Å². The lowest BCUT2D eigenvalue weighted by Crippen LogP contribution is -2.34. The van der Waals surface area contributed by atoms with Gasteiger partial charge in [0.25, 0.3) is 0 Å². The highest BCUT2D eigenvalue weighted by Gasteiger charge is 2.00. The van der Waals surface area contributed by atoms with E-state index in [2.05, 4.69) is 22.7 Å². The molecule has 1 heterocycles. The van der Waals surface area contributed by atoms with Crippen LogP contribution in [0.25, 0.3) is 0 Å². The van der Waals surface area contributed by atoms with Crippen LogP contribution in [0.5, 0.6) is 0 Å². The van der Waals surface area contributed by atoms with Crippen molar-refractivity contribution in [1.29, 1.82) is 0 Å². The fourth-order valence-corrected chi connectivity index (χ4v) is 1.23. The summed E-state index contributed by atoms with van der Waals surface area (Å²) in [5.74, 6) is 0. The average Bonchev–Trinajstić information content (AvgIpc) is 2.49. The van der Waals surface area contributed by atoms with Crippen molar-refractivity contribution in [2.45, 2.75) is 19.5 Å². The molecule has 13 heavy (non-hydrogen) atoms. The van der Waals surface area contributed by atoms with Crippen molar-refractivity contribution in [3.05, 3.63) is 18.0 Å². The highest BCUT2D eigenvalue weighted by Crippen LogP contribution is 1.95. The molecule has 0 saturated carbocycles. The second-order valence-corrected chi connectivity index (χ2v) is 3.36. The van der Waals surface area contributed by atoms with Crippen molar-refractivity contribution < 1.29 is 0 Å². The maximum Gasteiger partial charge on any atom is 0.0534 e. The Bertz CT molecular complexity index is 244. The molecule has 0 aliphatic heterocycles. The van der Waals surface area contributed by atoms with E-state index in [1.807, 2.05) is 31.2 Å². The number of nitrogens with one attached hydrogen (secondary N) is 2. The lowest BCUT2D eigenvalue weighted by molar-refractivity contribution is 0.523. The van der Waals surface area contributed by atoms with E-state index in [1.165, 1.54) is 5.56 Å². The largest absolute Gasteiger partial charge is 0.318 e. The van der Waals surface area contributed by atoms with E-state index in [0.29, 0.717) is 6.04 Å². The minimum atomic E-state index is 0.491. The maximum atomic E-state index is 4.10. The molecule has 1 atom stereocenters. The lowest BCUT2D eigenvalue weighted by Gasteiger charge is -2.11. The van der Waals surface area contributed by atoms with Gasteiger partial charge in [0.15, 0.2) is 0 Å². The number of rotatable bonds is 5. The Morgan fingerprint density at radius 2 is 2.38 bits per heavy atom. The molecule has 1 unspecified atom stereocenters. The molecule has 1 rings (SSSR count). The van der Waals surface area contributed by atoms with E-state index in [1.54, 1.807) is 0 Å². The summed E-state index contributed by atoms with van der Waals surface area (Å²) in [7, 11) is 3.89. The van der Waals surface area contributed by atoms with Crippen molar-refractivity contribution >= 4 is 0 Å². The third-order valence-electron chi connectivity index (χ3n) is 1.92. The summed E-state index contributed by atoms with van der Waals surface area (Å²) < 4.78 is 1.82. The molecular formula is C9H18N4. The third-order valence-corrected chi connectivity index (χ3v) is 1.92. The molecule has 0 aliphatic rings. The van der Waals surface area contributed by atoms with Crippen LogP contribution in [0, 0.1) is 0 Å². The smallest absolute Gasteiger partial charge is 0.0534 e. The zero-order valence-electron chi connectivity index (χ0n) is 8.54. The second kappa shape index (κ2) is 4.99. The summed E-state index contributed by atoms with van der Waals surface area (Å²) in [5.41, 5.74) is 1.23. The molecule has 0 amide bonds. The highest BCUT2D eigenvalue weighted by atomic mass is 15.2. The molecule has 2 N–H and O–H groups in total. The van der Waals surface area contributed by atoms with Gasteiger partial charge >= 0.3 is 0 Å². The van der Waals surface area contributed by atoms with Crippen molar-refractivity contribution in [1.82, 2.24) is 20.4 Å². The van der Waals surface area contributed by atoms with Crippen LogP contribution in [0.4, 0.5) is 0 Å². The van der Waals surface area contributed by atoms with E-state index in [4.69, 9.17) is 0 Å². The second-order valence-electron chi connectivity index (χ2n) is 3.36. The van der Waals surface area contributed by atoms with Gasteiger partial charge in [-0.3, -0.25) is 4.68 Å². The van der Waals surface area contributed by atoms with Gasteiger partial charge in [-0.15, -0.1) is 0 Å². The molecular weight excluding hydrogens is 164 g/mol. The van der Waals surface area contributed by atoms with Crippen LogP contribution in [-0.4, -0.2) is 29.4 Å². The van der Waals surface area contributed by atoms with Gasteiger partial charge in [-0.1, -0.05) is 0 Å². The van der Waals surface area contributed by atoms with Gasteiger partial charge in [0.05, 0.1) is 6.20 Å². The molecule has 0 radical (unpaired) electrons. The minimum Gasteiger partial charge on any atom is -0.318 e. The van der Waals surface area contributed by atoms with Crippen LogP contribution in [0.3, 0.4) is 0 Å². The quantitative estimate of drug-likeness (QED) is 0.679.